The second-order valence-corrected chi connectivity index (χ2v) is 6.93. The van der Waals surface area contributed by atoms with Crippen molar-refractivity contribution in [1.29, 1.82) is 0 Å². The molecular weight excluding hydrogens is 395 g/mol. The summed E-state index contributed by atoms with van der Waals surface area (Å²) in [5.74, 6) is 0.248. The zero-order chi connectivity index (χ0) is 20.8. The van der Waals surface area contributed by atoms with E-state index < -0.39 is 0 Å². The van der Waals surface area contributed by atoms with Gasteiger partial charge in [0.1, 0.15) is 22.7 Å². The molecule has 0 bridgehead atoms. The van der Waals surface area contributed by atoms with Gasteiger partial charge in [0.25, 0.3) is 0 Å². The molecule has 0 radical (unpaired) electrons. The number of H-pyrrole nitrogens is 2. The van der Waals surface area contributed by atoms with Crippen LogP contribution in [0.5, 0.6) is 0 Å². The molecule has 0 saturated carbocycles. The van der Waals surface area contributed by atoms with Gasteiger partial charge in [0.2, 0.25) is 0 Å². The first kappa shape index (κ1) is 17.3. The number of halogens is 1. The maximum atomic E-state index is 13.7. The molecule has 0 fully saturated rings. The van der Waals surface area contributed by atoms with E-state index in [-0.39, 0.29) is 5.82 Å². The van der Waals surface area contributed by atoms with Crippen LogP contribution in [0.1, 0.15) is 0 Å². The third-order valence-electron chi connectivity index (χ3n) is 5.00. The van der Waals surface area contributed by atoms with Crippen LogP contribution in [0.2, 0.25) is 0 Å². The van der Waals surface area contributed by atoms with E-state index in [0.717, 1.165) is 16.4 Å². The van der Waals surface area contributed by atoms with Crippen LogP contribution < -0.4 is 0 Å². The summed E-state index contributed by atoms with van der Waals surface area (Å²) in [6.45, 7) is 0. The SMILES string of the molecule is Fc1cccc(-c2nccc3[nH]c(-c4n[nH]c5cnc(-c6cnccn6)cc45)nc23)c1. The minimum absolute atomic E-state index is 0.325. The molecule has 8 nitrogen and oxygen atoms in total. The summed E-state index contributed by atoms with van der Waals surface area (Å²) in [5.41, 5.74) is 5.44. The molecule has 0 atom stereocenters. The molecule has 0 saturated heterocycles. The molecule has 0 aliphatic carbocycles. The number of imidazole rings is 1. The number of nitrogens with zero attached hydrogens (tertiary/aromatic N) is 6. The van der Waals surface area contributed by atoms with Crippen molar-refractivity contribution in [3.8, 4) is 34.2 Å². The summed E-state index contributed by atoms with van der Waals surface area (Å²) in [6.07, 6.45) is 8.27. The lowest BCUT2D eigenvalue weighted by Crippen LogP contribution is -1.88. The van der Waals surface area contributed by atoms with E-state index in [2.05, 4.69) is 35.1 Å². The minimum atomic E-state index is -0.325. The minimum Gasteiger partial charge on any atom is -0.336 e. The number of pyridine rings is 2. The number of hydrogen-bond acceptors (Lipinski definition) is 6. The fourth-order valence-corrected chi connectivity index (χ4v) is 3.56. The molecule has 0 aliphatic rings. The lowest BCUT2D eigenvalue weighted by molar-refractivity contribution is 0.628. The van der Waals surface area contributed by atoms with Gasteiger partial charge in [-0.3, -0.25) is 25.0 Å². The first-order valence-corrected chi connectivity index (χ1v) is 9.48. The zero-order valence-corrected chi connectivity index (χ0v) is 15.9. The van der Waals surface area contributed by atoms with Crippen LogP contribution in [0.25, 0.3) is 56.1 Å². The highest BCUT2D eigenvalue weighted by Crippen LogP contribution is 2.31. The molecule has 148 valence electrons. The second-order valence-electron chi connectivity index (χ2n) is 6.93. The van der Waals surface area contributed by atoms with E-state index in [1.54, 1.807) is 37.1 Å². The Morgan fingerprint density at radius 1 is 0.806 bits per heavy atom. The quantitative estimate of drug-likeness (QED) is 0.455. The average molecular weight is 408 g/mol. The smallest absolute Gasteiger partial charge is 0.159 e. The van der Waals surface area contributed by atoms with Crippen molar-refractivity contribution in [2.45, 2.75) is 0 Å². The van der Waals surface area contributed by atoms with E-state index in [1.165, 1.54) is 12.1 Å². The molecule has 9 heteroatoms. The number of rotatable bonds is 3. The Morgan fingerprint density at radius 3 is 2.65 bits per heavy atom. The molecule has 2 N–H and O–H groups in total. The van der Waals surface area contributed by atoms with Gasteiger partial charge < -0.3 is 4.98 Å². The first-order chi connectivity index (χ1) is 15.3. The molecular formula is C22H13FN8. The third-order valence-corrected chi connectivity index (χ3v) is 5.00. The molecule has 1 aromatic carbocycles. The van der Waals surface area contributed by atoms with Crippen LogP contribution in [0, 0.1) is 5.82 Å². The van der Waals surface area contributed by atoms with Gasteiger partial charge >= 0.3 is 0 Å². The average Bonchev–Trinajstić information content (AvgIpc) is 3.43. The Hall–Kier alpha value is -4.53. The fourth-order valence-electron chi connectivity index (χ4n) is 3.56. The predicted octanol–water partition coefficient (Wildman–Crippen LogP) is 4.16. The van der Waals surface area contributed by atoms with Gasteiger partial charge in [-0.05, 0) is 24.3 Å². The highest BCUT2D eigenvalue weighted by Gasteiger charge is 2.17. The van der Waals surface area contributed by atoms with E-state index in [0.29, 0.717) is 39.7 Å². The van der Waals surface area contributed by atoms with Gasteiger partial charge in [-0.1, -0.05) is 12.1 Å². The normalized spacial score (nSPS) is 11.4. The Bertz CT molecular complexity index is 1550. The van der Waals surface area contributed by atoms with Crippen LogP contribution in [0.15, 0.2) is 67.4 Å². The highest BCUT2D eigenvalue weighted by molar-refractivity contribution is 5.96. The summed E-state index contributed by atoms with van der Waals surface area (Å²) in [5, 5.41) is 8.27. The van der Waals surface area contributed by atoms with E-state index >= 15 is 0 Å². The summed E-state index contributed by atoms with van der Waals surface area (Å²) >= 11 is 0. The van der Waals surface area contributed by atoms with Gasteiger partial charge in [0, 0.05) is 29.5 Å². The van der Waals surface area contributed by atoms with Gasteiger partial charge in [-0.15, -0.1) is 0 Å². The zero-order valence-electron chi connectivity index (χ0n) is 15.9. The summed E-state index contributed by atoms with van der Waals surface area (Å²) < 4.78 is 13.7. The monoisotopic (exact) mass is 408 g/mol. The summed E-state index contributed by atoms with van der Waals surface area (Å²) in [6, 6.07) is 10.0. The van der Waals surface area contributed by atoms with Gasteiger partial charge in [-0.2, -0.15) is 5.10 Å². The number of nitrogens with one attached hydrogen (secondary N) is 2. The van der Waals surface area contributed by atoms with Crippen LogP contribution in [-0.4, -0.2) is 40.1 Å². The Kier molecular flexibility index (Phi) is 3.79. The Morgan fingerprint density at radius 2 is 1.77 bits per heavy atom. The standard InChI is InChI=1S/C22H13FN8/c23-13-3-1-2-12(8-13)19-21-15(4-5-26-19)28-22(29-21)20-14-9-16(18-10-24-6-7-25-18)27-11-17(14)30-31-20/h1-11H,(H,28,29)(H,30,31). The number of aromatic nitrogens is 8. The lowest BCUT2D eigenvalue weighted by atomic mass is 10.1. The molecule has 5 heterocycles. The molecule has 6 rings (SSSR count). The maximum absolute atomic E-state index is 13.7. The largest absolute Gasteiger partial charge is 0.336 e. The van der Waals surface area contributed by atoms with E-state index in [9.17, 15) is 4.39 Å². The number of hydrogen-bond donors (Lipinski definition) is 2. The first-order valence-electron chi connectivity index (χ1n) is 9.48. The Balaban J connectivity index is 1.52. The number of fused-ring (bicyclic) bond motifs is 2. The fraction of sp³-hybridized carbons (Fsp3) is 0. The van der Waals surface area contributed by atoms with Crippen LogP contribution in [0.4, 0.5) is 4.39 Å². The highest BCUT2D eigenvalue weighted by atomic mass is 19.1. The van der Waals surface area contributed by atoms with Crippen molar-refractivity contribution >= 4 is 21.9 Å². The molecule has 6 aromatic rings. The van der Waals surface area contributed by atoms with Crippen molar-refractivity contribution in [2.75, 3.05) is 0 Å². The number of aromatic amines is 2. The molecule has 5 aromatic heterocycles. The summed E-state index contributed by atoms with van der Waals surface area (Å²) in [4.78, 5) is 25.3. The van der Waals surface area contributed by atoms with Gasteiger partial charge in [0.15, 0.2) is 5.82 Å². The van der Waals surface area contributed by atoms with Crippen molar-refractivity contribution in [3.63, 3.8) is 0 Å². The molecule has 31 heavy (non-hydrogen) atoms. The van der Waals surface area contributed by atoms with Crippen LogP contribution >= 0.6 is 0 Å². The Labute approximate surface area is 174 Å². The maximum Gasteiger partial charge on any atom is 0.159 e. The van der Waals surface area contributed by atoms with Crippen LogP contribution in [0.3, 0.4) is 0 Å². The van der Waals surface area contributed by atoms with Crippen molar-refractivity contribution in [2.24, 2.45) is 0 Å². The van der Waals surface area contributed by atoms with Crippen molar-refractivity contribution < 1.29 is 4.39 Å². The second kappa shape index (κ2) is 6.77. The predicted molar refractivity (Wildman–Crippen MR) is 113 cm³/mol. The van der Waals surface area contributed by atoms with Crippen molar-refractivity contribution in [3.05, 3.63) is 73.2 Å². The summed E-state index contributed by atoms with van der Waals surface area (Å²) in [7, 11) is 0. The van der Waals surface area contributed by atoms with Gasteiger partial charge in [-0.25, -0.2) is 9.37 Å². The third kappa shape index (κ3) is 2.91. The molecule has 0 amide bonds. The van der Waals surface area contributed by atoms with Crippen molar-refractivity contribution in [1.82, 2.24) is 40.1 Å². The van der Waals surface area contributed by atoms with E-state index in [4.69, 9.17) is 4.98 Å². The van der Waals surface area contributed by atoms with E-state index in [1.807, 2.05) is 18.2 Å². The molecule has 0 spiro atoms. The molecule has 0 aliphatic heterocycles. The number of benzene rings is 1. The topological polar surface area (TPSA) is 109 Å². The lowest BCUT2D eigenvalue weighted by Gasteiger charge is -2.01. The van der Waals surface area contributed by atoms with Gasteiger partial charge in [0.05, 0.1) is 34.8 Å². The molecule has 0 unspecified atom stereocenters. The van der Waals surface area contributed by atoms with Crippen LogP contribution in [-0.2, 0) is 0 Å².